The molecule has 2 aromatic carbocycles. The van der Waals surface area contributed by atoms with Crippen molar-refractivity contribution in [1.29, 1.82) is 10.5 Å². The molecule has 0 aliphatic rings. The second kappa shape index (κ2) is 12.2. The Kier molecular flexibility index (Phi) is 10.5. The van der Waals surface area contributed by atoms with Crippen LogP contribution >= 0.6 is 10.7 Å². The third kappa shape index (κ3) is 10.1. The lowest BCUT2D eigenvalue weighted by atomic mass is 9.98. The maximum atomic E-state index is 12.5. The third-order valence-corrected chi connectivity index (χ3v) is 7.68. The van der Waals surface area contributed by atoms with E-state index in [0.29, 0.717) is 11.1 Å². The van der Waals surface area contributed by atoms with Crippen molar-refractivity contribution < 1.29 is 26.4 Å². The van der Waals surface area contributed by atoms with E-state index in [1.165, 1.54) is 48.5 Å². The van der Waals surface area contributed by atoms with Crippen LogP contribution in [0.5, 0.6) is 0 Å². The van der Waals surface area contributed by atoms with Crippen molar-refractivity contribution in [2.45, 2.75) is 50.0 Å². The molecule has 8 nitrogen and oxygen atoms in total. The molecule has 0 fully saturated rings. The summed E-state index contributed by atoms with van der Waals surface area (Å²) in [4.78, 5) is 12.4. The van der Waals surface area contributed by atoms with Crippen molar-refractivity contribution in [2.75, 3.05) is 5.75 Å². The first kappa shape index (κ1) is 30.1. The number of carbonyl (C=O) groups excluding carboxylic acids is 1. The van der Waals surface area contributed by atoms with Crippen LogP contribution < -0.4 is 0 Å². The van der Waals surface area contributed by atoms with Gasteiger partial charge in [0.25, 0.3) is 9.05 Å². The molecule has 0 aromatic heterocycles. The molecule has 0 bridgehead atoms. The lowest BCUT2D eigenvalue weighted by Crippen LogP contribution is -2.35. The minimum absolute atomic E-state index is 0.00293. The van der Waals surface area contributed by atoms with Gasteiger partial charge in [-0.1, -0.05) is 13.8 Å². The van der Waals surface area contributed by atoms with Gasteiger partial charge in [0.1, 0.15) is 5.60 Å². The molecule has 35 heavy (non-hydrogen) atoms. The number of nitrogens with zero attached hydrogens (tertiary/aromatic N) is 2. The molecule has 0 radical (unpaired) electrons. The number of sulfone groups is 1. The van der Waals surface area contributed by atoms with Crippen LogP contribution in [0, 0.1) is 34.5 Å². The lowest BCUT2D eigenvalue weighted by molar-refractivity contribution is -0.160. The van der Waals surface area contributed by atoms with E-state index in [2.05, 4.69) is 0 Å². The highest BCUT2D eigenvalue weighted by Gasteiger charge is 2.32. The number of halogens is 1. The van der Waals surface area contributed by atoms with Crippen LogP contribution in [-0.2, 0) is 28.4 Å². The van der Waals surface area contributed by atoms with Crippen molar-refractivity contribution in [3.05, 3.63) is 59.7 Å². The van der Waals surface area contributed by atoms with E-state index in [0.717, 1.165) is 0 Å². The highest BCUT2D eigenvalue weighted by molar-refractivity contribution is 8.13. The molecule has 0 unspecified atom stereocenters. The summed E-state index contributed by atoms with van der Waals surface area (Å²) in [6.45, 7) is 8.83. The summed E-state index contributed by atoms with van der Waals surface area (Å²) < 4.78 is 51.8. The van der Waals surface area contributed by atoms with Crippen molar-refractivity contribution in [3.8, 4) is 12.1 Å². The molecule has 0 saturated carbocycles. The zero-order valence-corrected chi connectivity index (χ0v) is 22.4. The number of benzene rings is 2. The first-order valence-electron chi connectivity index (χ1n) is 10.4. The quantitative estimate of drug-likeness (QED) is 0.388. The smallest absolute Gasteiger partial charge is 0.310 e. The van der Waals surface area contributed by atoms with Gasteiger partial charge >= 0.3 is 5.97 Å². The van der Waals surface area contributed by atoms with Crippen molar-refractivity contribution >= 4 is 35.5 Å². The van der Waals surface area contributed by atoms with E-state index in [1.54, 1.807) is 34.6 Å². The Morgan fingerprint density at radius 1 is 0.886 bits per heavy atom. The lowest BCUT2D eigenvalue weighted by Gasteiger charge is -2.25. The fourth-order valence-corrected chi connectivity index (χ4v) is 5.18. The average molecular weight is 539 g/mol. The Morgan fingerprint density at radius 3 is 1.60 bits per heavy atom. The molecule has 11 heteroatoms. The van der Waals surface area contributed by atoms with Crippen LogP contribution in [0.15, 0.2) is 58.3 Å². The molecular formula is C24H27ClN2O6S2. The van der Waals surface area contributed by atoms with Gasteiger partial charge in [-0.2, -0.15) is 10.5 Å². The second-order valence-corrected chi connectivity index (χ2v) is 13.5. The standard InChI is InChI=1S/C17H23NO4S.C7H4ClNO2S/c1-12(2)15(16(19)22-17(3,4)5)11-23(20,21)14-8-6-13(10-18)7-9-14;8-12(10,11)7-3-1-6(5-9)2-4-7/h6-9,12,15H,11H2,1-5H3;1-4H/t15-;/m1./s1. The van der Waals surface area contributed by atoms with Crippen molar-refractivity contribution in [2.24, 2.45) is 11.8 Å². The molecule has 2 aromatic rings. The summed E-state index contributed by atoms with van der Waals surface area (Å²) in [5, 5.41) is 17.2. The number of hydrogen-bond acceptors (Lipinski definition) is 8. The Balaban J connectivity index is 0.000000427. The Bertz CT molecular complexity index is 1310. The van der Waals surface area contributed by atoms with Crippen LogP contribution in [0.2, 0.25) is 0 Å². The van der Waals surface area contributed by atoms with Crippen LogP contribution in [0.3, 0.4) is 0 Å². The molecule has 0 spiro atoms. The van der Waals surface area contributed by atoms with E-state index in [-0.39, 0.29) is 21.5 Å². The topological polar surface area (TPSA) is 142 Å². The summed E-state index contributed by atoms with van der Waals surface area (Å²) in [5.74, 6) is -1.73. The average Bonchev–Trinajstić information content (AvgIpc) is 2.76. The van der Waals surface area contributed by atoms with Crippen molar-refractivity contribution in [3.63, 3.8) is 0 Å². The maximum Gasteiger partial charge on any atom is 0.310 e. The largest absolute Gasteiger partial charge is 0.460 e. The van der Waals surface area contributed by atoms with Crippen LogP contribution in [-0.4, -0.2) is 34.2 Å². The second-order valence-electron chi connectivity index (χ2n) is 8.88. The summed E-state index contributed by atoms with van der Waals surface area (Å²) in [6.07, 6.45) is 0. The first-order valence-corrected chi connectivity index (χ1v) is 14.4. The molecule has 1 atom stereocenters. The molecule has 0 N–H and O–H groups in total. The number of ether oxygens (including phenoxy) is 1. The number of carbonyl (C=O) groups is 1. The van der Waals surface area contributed by atoms with Gasteiger partial charge in [-0.05, 0) is 75.2 Å². The highest BCUT2D eigenvalue weighted by atomic mass is 35.7. The van der Waals surface area contributed by atoms with E-state index in [1.807, 2.05) is 12.1 Å². The van der Waals surface area contributed by atoms with Gasteiger partial charge in [-0.3, -0.25) is 4.79 Å². The molecule has 0 heterocycles. The highest BCUT2D eigenvalue weighted by Crippen LogP contribution is 2.23. The van der Waals surface area contributed by atoms with Crippen LogP contribution in [0.4, 0.5) is 0 Å². The van der Waals surface area contributed by atoms with E-state index >= 15 is 0 Å². The van der Waals surface area contributed by atoms with Gasteiger partial charge < -0.3 is 4.74 Å². The van der Waals surface area contributed by atoms with Gasteiger partial charge in [0.15, 0.2) is 9.84 Å². The Hall–Kier alpha value is -2.92. The summed E-state index contributed by atoms with van der Waals surface area (Å²) in [5.41, 5.74) is 0.123. The molecular weight excluding hydrogens is 512 g/mol. The normalized spacial score (nSPS) is 12.5. The fourth-order valence-electron chi connectivity index (χ4n) is 2.67. The predicted octanol–water partition coefficient (Wildman–Crippen LogP) is 4.43. The number of esters is 1. The number of rotatable bonds is 6. The fraction of sp³-hybridized carbons (Fsp3) is 0.375. The van der Waals surface area contributed by atoms with Gasteiger partial charge in [0, 0.05) is 10.7 Å². The van der Waals surface area contributed by atoms with E-state index in [4.69, 9.17) is 25.9 Å². The molecule has 0 aliphatic heterocycles. The molecule has 0 amide bonds. The van der Waals surface area contributed by atoms with Gasteiger partial charge in [0.2, 0.25) is 0 Å². The van der Waals surface area contributed by atoms with E-state index < -0.39 is 36.4 Å². The first-order chi connectivity index (χ1) is 16.0. The SMILES string of the molecule is CC(C)[C@@H](CS(=O)(=O)c1ccc(C#N)cc1)C(=O)OC(C)(C)C.N#Cc1ccc(S(=O)(=O)Cl)cc1. The minimum atomic E-state index is -3.66. The van der Waals surface area contributed by atoms with E-state index in [9.17, 15) is 21.6 Å². The van der Waals surface area contributed by atoms with Crippen molar-refractivity contribution in [1.82, 2.24) is 0 Å². The maximum absolute atomic E-state index is 12.5. The number of nitriles is 2. The Labute approximate surface area is 211 Å². The van der Waals surface area contributed by atoms with Crippen LogP contribution in [0.1, 0.15) is 45.7 Å². The minimum Gasteiger partial charge on any atom is -0.460 e. The monoisotopic (exact) mass is 538 g/mol. The summed E-state index contributed by atoms with van der Waals surface area (Å²) in [6, 6.07) is 14.9. The zero-order chi connectivity index (χ0) is 27.0. The zero-order valence-electron chi connectivity index (χ0n) is 20.0. The summed E-state index contributed by atoms with van der Waals surface area (Å²) >= 11 is 0. The molecule has 0 aliphatic carbocycles. The molecule has 0 saturated heterocycles. The molecule has 188 valence electrons. The number of hydrogen-bond donors (Lipinski definition) is 0. The van der Waals surface area contributed by atoms with Gasteiger partial charge in [-0.15, -0.1) is 0 Å². The molecule has 2 rings (SSSR count). The third-order valence-electron chi connectivity index (χ3n) is 4.52. The summed E-state index contributed by atoms with van der Waals surface area (Å²) in [7, 11) is -2.26. The van der Waals surface area contributed by atoms with Crippen LogP contribution in [0.25, 0.3) is 0 Å². The Morgan fingerprint density at radius 2 is 1.29 bits per heavy atom. The van der Waals surface area contributed by atoms with Gasteiger partial charge in [-0.25, -0.2) is 16.8 Å². The van der Waals surface area contributed by atoms with Gasteiger partial charge in [0.05, 0.1) is 44.7 Å². The predicted molar refractivity (Wildman–Crippen MR) is 132 cm³/mol.